The van der Waals surface area contributed by atoms with Gasteiger partial charge in [-0.05, 0) is 29.8 Å². The summed E-state index contributed by atoms with van der Waals surface area (Å²) in [4.78, 5) is 12.5. The maximum Gasteiger partial charge on any atom is 0.338 e. The van der Waals surface area contributed by atoms with Gasteiger partial charge in [0.25, 0.3) is 0 Å². The predicted molar refractivity (Wildman–Crippen MR) is 69.3 cm³/mol. The molecule has 2 nitrogen and oxygen atoms in total. The molecule has 2 aromatic rings. The molecule has 0 bridgehead atoms. The van der Waals surface area contributed by atoms with Gasteiger partial charge in [-0.15, -0.1) is 12.6 Å². The predicted octanol–water partition coefficient (Wildman–Crippen LogP) is 3.33. The third kappa shape index (κ3) is 3.36. The molecular weight excluding hydrogens is 232 g/mol. The van der Waals surface area contributed by atoms with E-state index in [1.165, 1.54) is 0 Å². The van der Waals surface area contributed by atoms with Gasteiger partial charge < -0.3 is 4.74 Å². The van der Waals surface area contributed by atoms with Gasteiger partial charge in [-0.2, -0.15) is 0 Å². The number of thiol groups is 1. The summed E-state index contributed by atoms with van der Waals surface area (Å²) in [5, 5.41) is 0. The highest BCUT2D eigenvalue weighted by Crippen LogP contribution is 2.10. The van der Waals surface area contributed by atoms with E-state index in [2.05, 4.69) is 12.6 Å². The van der Waals surface area contributed by atoms with Gasteiger partial charge in [-0.1, -0.05) is 30.3 Å². The van der Waals surface area contributed by atoms with Crippen LogP contribution in [0.15, 0.2) is 59.5 Å². The quantitative estimate of drug-likeness (QED) is 0.662. The summed E-state index contributed by atoms with van der Waals surface area (Å²) in [5.41, 5.74) is 1.52. The van der Waals surface area contributed by atoms with Crippen molar-refractivity contribution in [3.8, 4) is 0 Å². The molecule has 17 heavy (non-hydrogen) atoms. The highest BCUT2D eigenvalue weighted by atomic mass is 32.1. The second kappa shape index (κ2) is 5.55. The van der Waals surface area contributed by atoms with Crippen LogP contribution < -0.4 is 0 Å². The van der Waals surface area contributed by atoms with Crippen molar-refractivity contribution < 1.29 is 9.53 Å². The molecule has 0 N–H and O–H groups in total. The smallest absolute Gasteiger partial charge is 0.338 e. The van der Waals surface area contributed by atoms with Crippen molar-refractivity contribution >= 4 is 18.6 Å². The summed E-state index contributed by atoms with van der Waals surface area (Å²) >= 11 is 4.16. The fraction of sp³-hybridized carbons (Fsp3) is 0.0714. The lowest BCUT2D eigenvalue weighted by molar-refractivity contribution is 0.0472. The zero-order chi connectivity index (χ0) is 12.1. The molecule has 86 valence electrons. The fourth-order valence-electron chi connectivity index (χ4n) is 1.40. The number of carbonyl (C=O) groups is 1. The molecule has 0 aliphatic heterocycles. The van der Waals surface area contributed by atoms with Crippen molar-refractivity contribution in [3.63, 3.8) is 0 Å². The molecule has 0 saturated carbocycles. The van der Waals surface area contributed by atoms with Crippen LogP contribution in [0.1, 0.15) is 15.9 Å². The normalized spacial score (nSPS) is 9.94. The Morgan fingerprint density at radius 3 is 2.29 bits per heavy atom. The minimum absolute atomic E-state index is 0.294. The van der Waals surface area contributed by atoms with E-state index in [-0.39, 0.29) is 5.97 Å². The first-order valence-electron chi connectivity index (χ1n) is 5.26. The molecule has 2 aromatic carbocycles. The first-order valence-corrected chi connectivity index (χ1v) is 5.70. The molecule has 0 saturated heterocycles. The van der Waals surface area contributed by atoms with Gasteiger partial charge in [0, 0.05) is 4.90 Å². The minimum atomic E-state index is -0.317. The van der Waals surface area contributed by atoms with Crippen molar-refractivity contribution in [3.05, 3.63) is 65.7 Å². The number of rotatable bonds is 3. The first-order chi connectivity index (χ1) is 8.25. The topological polar surface area (TPSA) is 26.3 Å². The van der Waals surface area contributed by atoms with Crippen LogP contribution in [0.3, 0.4) is 0 Å². The molecule has 0 fully saturated rings. The molecular formula is C14H12O2S. The number of hydrogen-bond donors (Lipinski definition) is 1. The lowest BCUT2D eigenvalue weighted by Gasteiger charge is -2.04. The van der Waals surface area contributed by atoms with E-state index in [9.17, 15) is 4.79 Å². The zero-order valence-electron chi connectivity index (χ0n) is 9.17. The van der Waals surface area contributed by atoms with Crippen LogP contribution >= 0.6 is 12.6 Å². The van der Waals surface area contributed by atoms with Gasteiger partial charge in [0.1, 0.15) is 6.61 Å². The van der Waals surface area contributed by atoms with E-state index < -0.39 is 0 Å². The van der Waals surface area contributed by atoms with Crippen LogP contribution in [0.5, 0.6) is 0 Å². The molecule has 0 aromatic heterocycles. The van der Waals surface area contributed by atoms with E-state index in [0.717, 1.165) is 10.5 Å². The summed E-state index contributed by atoms with van der Waals surface area (Å²) < 4.78 is 5.19. The minimum Gasteiger partial charge on any atom is -0.457 e. The Morgan fingerprint density at radius 2 is 1.65 bits per heavy atom. The first kappa shape index (κ1) is 11.7. The van der Waals surface area contributed by atoms with Gasteiger partial charge in [0.2, 0.25) is 0 Å². The van der Waals surface area contributed by atoms with Crippen LogP contribution in [-0.4, -0.2) is 5.97 Å². The number of ether oxygens (including phenoxy) is 1. The molecule has 0 spiro atoms. The van der Waals surface area contributed by atoms with Crippen LogP contribution in [-0.2, 0) is 11.3 Å². The lowest BCUT2D eigenvalue weighted by atomic mass is 10.2. The van der Waals surface area contributed by atoms with Crippen LogP contribution in [0.4, 0.5) is 0 Å². The summed E-state index contributed by atoms with van der Waals surface area (Å²) in [6, 6.07) is 16.5. The summed E-state index contributed by atoms with van der Waals surface area (Å²) in [6.45, 7) is 0.294. The van der Waals surface area contributed by atoms with Gasteiger partial charge >= 0.3 is 5.97 Å². The largest absolute Gasteiger partial charge is 0.457 e. The standard InChI is InChI=1S/C14H12O2S/c15-14(12-6-8-13(17)9-7-12)16-10-11-4-2-1-3-5-11/h1-9,17H,10H2. The molecule has 3 heteroatoms. The van der Waals surface area contributed by atoms with Gasteiger partial charge in [-0.25, -0.2) is 4.79 Å². The second-order valence-corrected chi connectivity index (χ2v) is 4.13. The van der Waals surface area contributed by atoms with Gasteiger partial charge in [0.15, 0.2) is 0 Å². The maximum atomic E-state index is 11.7. The number of esters is 1. The third-order valence-electron chi connectivity index (χ3n) is 2.32. The fourth-order valence-corrected chi connectivity index (χ4v) is 1.55. The van der Waals surface area contributed by atoms with E-state index in [0.29, 0.717) is 12.2 Å². The molecule has 0 amide bonds. The molecule has 0 unspecified atom stereocenters. The van der Waals surface area contributed by atoms with Gasteiger partial charge in [0.05, 0.1) is 5.56 Å². The number of hydrogen-bond acceptors (Lipinski definition) is 3. The average Bonchev–Trinajstić information content (AvgIpc) is 2.38. The Morgan fingerprint density at radius 1 is 1.00 bits per heavy atom. The Kier molecular flexibility index (Phi) is 3.83. The third-order valence-corrected chi connectivity index (χ3v) is 2.61. The number of carbonyl (C=O) groups excluding carboxylic acids is 1. The van der Waals surface area contributed by atoms with Crippen molar-refractivity contribution in [2.45, 2.75) is 11.5 Å². The zero-order valence-corrected chi connectivity index (χ0v) is 10.1. The molecule has 2 rings (SSSR count). The molecule has 0 atom stereocenters. The summed E-state index contributed by atoms with van der Waals surface area (Å²) in [5.74, 6) is -0.317. The highest BCUT2D eigenvalue weighted by molar-refractivity contribution is 7.80. The van der Waals surface area contributed by atoms with Crippen LogP contribution in [0.25, 0.3) is 0 Å². The average molecular weight is 244 g/mol. The van der Waals surface area contributed by atoms with Crippen LogP contribution in [0.2, 0.25) is 0 Å². The summed E-state index contributed by atoms with van der Waals surface area (Å²) in [7, 11) is 0. The van der Waals surface area contributed by atoms with E-state index >= 15 is 0 Å². The monoisotopic (exact) mass is 244 g/mol. The maximum absolute atomic E-state index is 11.7. The molecule has 0 radical (unpaired) electrons. The molecule has 0 heterocycles. The SMILES string of the molecule is O=C(OCc1ccccc1)c1ccc(S)cc1. The Balaban J connectivity index is 1.96. The van der Waals surface area contributed by atoms with Crippen molar-refractivity contribution in [2.24, 2.45) is 0 Å². The Hall–Kier alpha value is -1.74. The van der Waals surface area contributed by atoms with Gasteiger partial charge in [-0.3, -0.25) is 0 Å². The van der Waals surface area contributed by atoms with E-state index in [1.54, 1.807) is 24.3 Å². The van der Waals surface area contributed by atoms with Crippen LogP contribution in [0, 0.1) is 0 Å². The second-order valence-electron chi connectivity index (χ2n) is 3.61. The molecule has 0 aliphatic carbocycles. The van der Waals surface area contributed by atoms with Crippen molar-refractivity contribution in [1.29, 1.82) is 0 Å². The highest BCUT2D eigenvalue weighted by Gasteiger charge is 2.06. The van der Waals surface area contributed by atoms with E-state index in [4.69, 9.17) is 4.74 Å². The van der Waals surface area contributed by atoms with E-state index in [1.807, 2.05) is 30.3 Å². The van der Waals surface area contributed by atoms with Crippen molar-refractivity contribution in [1.82, 2.24) is 0 Å². The van der Waals surface area contributed by atoms with Crippen molar-refractivity contribution in [2.75, 3.05) is 0 Å². The number of benzene rings is 2. The Bertz CT molecular complexity index is 491. The summed E-state index contributed by atoms with van der Waals surface area (Å²) in [6.07, 6.45) is 0. The Labute approximate surface area is 106 Å². The lowest BCUT2D eigenvalue weighted by Crippen LogP contribution is -2.04. The molecule has 0 aliphatic rings.